The third-order valence-electron chi connectivity index (χ3n) is 3.72. The number of benzene rings is 1. The Morgan fingerprint density at radius 1 is 1.17 bits per heavy atom. The van der Waals surface area contributed by atoms with E-state index in [-0.39, 0.29) is 6.61 Å². The Hall–Kier alpha value is -1.75. The van der Waals surface area contributed by atoms with Crippen LogP contribution in [0.1, 0.15) is 38.7 Å². The van der Waals surface area contributed by atoms with Crippen LogP contribution in [-0.4, -0.2) is 37.9 Å². The number of nitrogens with zero attached hydrogens (tertiary/aromatic N) is 1. The summed E-state index contributed by atoms with van der Waals surface area (Å²) in [5.41, 5.74) is 1.14. The third-order valence-corrected chi connectivity index (χ3v) is 3.72. The van der Waals surface area contributed by atoms with Gasteiger partial charge in [-0.2, -0.15) is 0 Å². The number of aliphatic hydroxyl groups excluding tert-OH is 1. The van der Waals surface area contributed by atoms with Gasteiger partial charge in [-0.05, 0) is 43.4 Å². The predicted octanol–water partition coefficient (Wildman–Crippen LogP) is 2.55. The predicted molar refractivity (Wildman–Crippen MR) is 95.9 cm³/mol. The van der Waals surface area contributed by atoms with E-state index in [1.807, 2.05) is 24.3 Å². The molecule has 3 N–H and O–H groups in total. The zero-order valence-electron chi connectivity index (χ0n) is 14.6. The second kappa shape index (κ2) is 11.8. The van der Waals surface area contributed by atoms with Gasteiger partial charge in [0.15, 0.2) is 5.96 Å². The monoisotopic (exact) mass is 321 g/mol. The molecule has 0 saturated carbocycles. The number of methoxy groups -OCH3 is 1. The Balaban J connectivity index is 2.57. The lowest BCUT2D eigenvalue weighted by Gasteiger charge is -2.18. The van der Waals surface area contributed by atoms with E-state index in [1.54, 1.807) is 7.11 Å². The summed E-state index contributed by atoms with van der Waals surface area (Å²) in [7, 11) is 1.67. The maximum absolute atomic E-state index is 9.14. The van der Waals surface area contributed by atoms with Crippen molar-refractivity contribution in [2.24, 2.45) is 10.9 Å². The molecule has 1 unspecified atom stereocenters. The van der Waals surface area contributed by atoms with Crippen LogP contribution in [0, 0.1) is 5.92 Å². The molecule has 0 aromatic heterocycles. The van der Waals surface area contributed by atoms with Crippen LogP contribution >= 0.6 is 0 Å². The number of hydrogen-bond donors (Lipinski definition) is 3. The maximum atomic E-state index is 9.14. The maximum Gasteiger partial charge on any atom is 0.191 e. The summed E-state index contributed by atoms with van der Waals surface area (Å²) in [6.07, 6.45) is 3.08. The van der Waals surface area contributed by atoms with Gasteiger partial charge in [-0.25, -0.2) is 4.99 Å². The lowest BCUT2D eigenvalue weighted by Crippen LogP contribution is -2.40. The molecule has 0 spiro atoms. The molecular weight excluding hydrogens is 290 g/mol. The van der Waals surface area contributed by atoms with Crippen molar-refractivity contribution in [3.05, 3.63) is 29.8 Å². The fourth-order valence-corrected chi connectivity index (χ4v) is 2.42. The molecule has 1 atom stereocenters. The highest BCUT2D eigenvalue weighted by Gasteiger charge is 2.08. The van der Waals surface area contributed by atoms with E-state index in [0.717, 1.165) is 49.6 Å². The summed E-state index contributed by atoms with van der Waals surface area (Å²) in [4.78, 5) is 4.62. The average molecular weight is 321 g/mol. The molecule has 130 valence electrons. The molecular formula is C18H31N3O2. The second-order valence-corrected chi connectivity index (χ2v) is 5.59. The molecule has 1 aromatic rings. The van der Waals surface area contributed by atoms with Crippen molar-refractivity contribution < 1.29 is 9.84 Å². The van der Waals surface area contributed by atoms with E-state index < -0.39 is 0 Å². The average Bonchev–Trinajstić information content (AvgIpc) is 2.58. The zero-order valence-corrected chi connectivity index (χ0v) is 14.6. The number of ether oxygens (including phenoxy) is 1. The zero-order chi connectivity index (χ0) is 16.9. The quantitative estimate of drug-likeness (QED) is 0.458. The van der Waals surface area contributed by atoms with Crippen molar-refractivity contribution in [1.29, 1.82) is 0 Å². The molecule has 5 heteroatoms. The molecule has 0 bridgehead atoms. The van der Waals surface area contributed by atoms with Gasteiger partial charge in [-0.1, -0.05) is 25.5 Å². The second-order valence-electron chi connectivity index (χ2n) is 5.59. The molecule has 0 amide bonds. The fourth-order valence-electron chi connectivity index (χ4n) is 2.42. The number of hydrogen-bond acceptors (Lipinski definition) is 3. The highest BCUT2D eigenvalue weighted by atomic mass is 16.5. The Morgan fingerprint density at radius 2 is 1.91 bits per heavy atom. The smallest absolute Gasteiger partial charge is 0.191 e. The van der Waals surface area contributed by atoms with E-state index in [2.05, 4.69) is 29.5 Å². The minimum absolute atomic E-state index is 0.242. The summed E-state index contributed by atoms with van der Waals surface area (Å²) < 4.78 is 5.16. The van der Waals surface area contributed by atoms with Crippen molar-refractivity contribution in [2.75, 3.05) is 26.8 Å². The lowest BCUT2D eigenvalue weighted by atomic mass is 10.0. The number of rotatable bonds is 10. The van der Waals surface area contributed by atoms with Crippen LogP contribution < -0.4 is 15.4 Å². The molecule has 23 heavy (non-hydrogen) atoms. The van der Waals surface area contributed by atoms with Crippen LogP contribution in [0.2, 0.25) is 0 Å². The topological polar surface area (TPSA) is 65.9 Å². The van der Waals surface area contributed by atoms with Gasteiger partial charge < -0.3 is 20.5 Å². The first-order valence-corrected chi connectivity index (χ1v) is 8.49. The number of nitrogens with one attached hydrogen (secondary N) is 2. The van der Waals surface area contributed by atoms with E-state index in [4.69, 9.17) is 9.84 Å². The Bertz CT molecular complexity index is 440. The Kier molecular flexibility index (Phi) is 9.87. The van der Waals surface area contributed by atoms with Gasteiger partial charge in [0.2, 0.25) is 0 Å². The fraction of sp³-hybridized carbons (Fsp3) is 0.611. The van der Waals surface area contributed by atoms with Crippen LogP contribution in [0.25, 0.3) is 0 Å². The van der Waals surface area contributed by atoms with E-state index in [0.29, 0.717) is 12.5 Å². The van der Waals surface area contributed by atoms with Crippen molar-refractivity contribution in [2.45, 2.75) is 39.7 Å². The van der Waals surface area contributed by atoms with Gasteiger partial charge in [0.05, 0.1) is 13.7 Å². The molecule has 1 aromatic carbocycles. The van der Waals surface area contributed by atoms with Crippen LogP contribution in [0.15, 0.2) is 29.3 Å². The Morgan fingerprint density at radius 3 is 2.48 bits per heavy atom. The van der Waals surface area contributed by atoms with Crippen LogP contribution in [0.3, 0.4) is 0 Å². The molecule has 0 aliphatic carbocycles. The largest absolute Gasteiger partial charge is 0.497 e. The minimum Gasteiger partial charge on any atom is -0.497 e. The van der Waals surface area contributed by atoms with Crippen LogP contribution in [0.5, 0.6) is 5.75 Å². The first kappa shape index (κ1) is 19.3. The first-order chi connectivity index (χ1) is 11.2. The highest BCUT2D eigenvalue weighted by Crippen LogP contribution is 2.12. The van der Waals surface area contributed by atoms with Crippen LogP contribution in [-0.2, 0) is 6.54 Å². The van der Waals surface area contributed by atoms with Gasteiger partial charge in [0.1, 0.15) is 5.75 Å². The lowest BCUT2D eigenvalue weighted by molar-refractivity contribution is 0.251. The molecule has 1 rings (SSSR count). The van der Waals surface area contributed by atoms with Gasteiger partial charge in [-0.3, -0.25) is 0 Å². The Labute approximate surface area is 140 Å². The van der Waals surface area contributed by atoms with Crippen molar-refractivity contribution >= 4 is 5.96 Å². The van der Waals surface area contributed by atoms with Crippen LogP contribution in [0.4, 0.5) is 0 Å². The summed E-state index contributed by atoms with van der Waals surface area (Å²) in [6, 6.07) is 7.95. The molecule has 0 aliphatic rings. The van der Waals surface area contributed by atoms with Gasteiger partial charge >= 0.3 is 0 Å². The van der Waals surface area contributed by atoms with E-state index in [9.17, 15) is 0 Å². The number of aliphatic imine (C=N–C) groups is 1. The number of guanidine groups is 1. The summed E-state index contributed by atoms with van der Waals surface area (Å²) >= 11 is 0. The van der Waals surface area contributed by atoms with E-state index in [1.165, 1.54) is 0 Å². The molecule has 0 heterocycles. The summed E-state index contributed by atoms with van der Waals surface area (Å²) in [5, 5.41) is 15.8. The van der Waals surface area contributed by atoms with Crippen molar-refractivity contribution in [3.8, 4) is 5.75 Å². The standard InChI is InChI=1S/C18H31N3O2/c1-4-6-15(11-12-22)13-20-18(19-5-2)21-14-16-7-9-17(23-3)10-8-16/h7-10,15,22H,4-6,11-14H2,1-3H3,(H2,19,20,21). The van der Waals surface area contributed by atoms with E-state index >= 15 is 0 Å². The highest BCUT2D eigenvalue weighted by molar-refractivity contribution is 5.79. The SMILES string of the molecule is CCCC(CCO)CNC(=NCc1ccc(OC)cc1)NCC. The van der Waals surface area contributed by atoms with Crippen molar-refractivity contribution in [1.82, 2.24) is 10.6 Å². The van der Waals surface area contributed by atoms with Gasteiger partial charge in [0, 0.05) is 19.7 Å². The summed E-state index contributed by atoms with van der Waals surface area (Å²) in [6.45, 7) is 6.76. The minimum atomic E-state index is 0.242. The number of aliphatic hydroxyl groups is 1. The molecule has 5 nitrogen and oxygen atoms in total. The van der Waals surface area contributed by atoms with Gasteiger partial charge in [0.25, 0.3) is 0 Å². The normalized spacial score (nSPS) is 12.8. The first-order valence-electron chi connectivity index (χ1n) is 8.49. The third kappa shape index (κ3) is 7.88. The molecule has 0 saturated heterocycles. The summed E-state index contributed by atoms with van der Waals surface area (Å²) in [5.74, 6) is 2.16. The van der Waals surface area contributed by atoms with Crippen molar-refractivity contribution in [3.63, 3.8) is 0 Å². The molecule has 0 fully saturated rings. The molecule has 0 radical (unpaired) electrons. The van der Waals surface area contributed by atoms with Gasteiger partial charge in [-0.15, -0.1) is 0 Å². The molecule has 0 aliphatic heterocycles.